The molecule has 3 N–H and O–H groups in total. The van der Waals surface area contributed by atoms with Crippen LogP contribution >= 0.6 is 15.9 Å². The molecule has 0 atom stereocenters. The summed E-state index contributed by atoms with van der Waals surface area (Å²) >= 11 is 3.39. The van der Waals surface area contributed by atoms with Gasteiger partial charge in [-0.05, 0) is 22.0 Å². The average Bonchev–Trinajstić information content (AvgIpc) is 2.30. The van der Waals surface area contributed by atoms with Gasteiger partial charge in [-0.1, -0.05) is 12.1 Å². The first-order valence-electron chi connectivity index (χ1n) is 5.00. The summed E-state index contributed by atoms with van der Waals surface area (Å²) in [5.41, 5.74) is 6.52. The number of nitrogens with two attached hydrogens (primary N) is 1. The maximum atomic E-state index is 11.0. The number of carbonyl (C=O) groups is 1. The summed E-state index contributed by atoms with van der Waals surface area (Å²) in [6.07, 6.45) is 0.335. The van der Waals surface area contributed by atoms with Gasteiger partial charge >= 0.3 is 0 Å². The molecule has 1 aromatic carbocycles. The van der Waals surface area contributed by atoms with Gasteiger partial charge in [0.25, 0.3) is 0 Å². The van der Waals surface area contributed by atoms with E-state index in [0.717, 1.165) is 10.0 Å². The van der Waals surface area contributed by atoms with E-state index in [2.05, 4.69) is 21.2 Å². The van der Waals surface area contributed by atoms with Crippen molar-refractivity contribution in [3.05, 3.63) is 28.2 Å². The lowest BCUT2D eigenvalue weighted by Gasteiger charge is -2.11. The smallest absolute Gasteiger partial charge is 0.223 e. The number of hydrogen-bond donors (Lipinski definition) is 2. The van der Waals surface area contributed by atoms with Crippen LogP contribution in [0.15, 0.2) is 22.7 Å². The summed E-state index contributed by atoms with van der Waals surface area (Å²) in [5, 5.41) is 2.54. The summed E-state index contributed by atoms with van der Waals surface area (Å²) in [4.78, 5) is 11.0. The highest BCUT2D eigenvalue weighted by Gasteiger charge is 2.07. The molecular weight excluding hydrogens is 272 g/mol. The summed E-state index contributed by atoms with van der Waals surface area (Å²) in [6.45, 7) is 0.754. The van der Waals surface area contributed by atoms with Crippen molar-refractivity contribution in [1.29, 1.82) is 0 Å². The van der Waals surface area contributed by atoms with Crippen LogP contribution in [0.1, 0.15) is 12.0 Å². The molecule has 0 heterocycles. The highest BCUT2D eigenvalue weighted by molar-refractivity contribution is 9.10. The topological polar surface area (TPSA) is 64.3 Å². The van der Waals surface area contributed by atoms with Crippen molar-refractivity contribution in [1.82, 2.24) is 5.32 Å². The van der Waals surface area contributed by atoms with Crippen LogP contribution in [0.4, 0.5) is 0 Å². The number of nitrogens with one attached hydrogen (secondary N) is 1. The van der Waals surface area contributed by atoms with Crippen LogP contribution in [0.2, 0.25) is 0 Å². The van der Waals surface area contributed by atoms with Gasteiger partial charge in [-0.3, -0.25) is 4.79 Å². The van der Waals surface area contributed by atoms with Crippen molar-refractivity contribution in [2.24, 2.45) is 5.73 Å². The third-order valence-corrected chi connectivity index (χ3v) is 2.75. The van der Waals surface area contributed by atoms with Crippen LogP contribution in [0.3, 0.4) is 0 Å². The number of carbonyl (C=O) groups excluding carboxylic acids is 1. The number of para-hydroxylation sites is 1. The van der Waals surface area contributed by atoms with Crippen LogP contribution in [-0.4, -0.2) is 19.6 Å². The Kier molecular flexibility index (Phi) is 5.28. The van der Waals surface area contributed by atoms with Gasteiger partial charge < -0.3 is 15.8 Å². The Morgan fingerprint density at radius 1 is 1.56 bits per heavy atom. The minimum absolute atomic E-state index is 0.0404. The molecule has 0 saturated heterocycles. The summed E-state index contributed by atoms with van der Waals surface area (Å²) in [5.74, 6) is 0.676. The Bertz CT molecular complexity index is 369. The second-order valence-electron chi connectivity index (χ2n) is 3.20. The van der Waals surface area contributed by atoms with Crippen LogP contribution in [0, 0.1) is 0 Å². The van der Waals surface area contributed by atoms with E-state index < -0.39 is 0 Å². The summed E-state index contributed by atoms with van der Waals surface area (Å²) < 4.78 is 6.40. The Balaban J connectivity index is 2.62. The van der Waals surface area contributed by atoms with E-state index in [4.69, 9.17) is 10.5 Å². The third-order valence-electron chi connectivity index (χ3n) is 2.12. The molecule has 0 bridgehead atoms. The third kappa shape index (κ3) is 3.50. The quantitative estimate of drug-likeness (QED) is 0.861. The lowest BCUT2D eigenvalue weighted by atomic mass is 10.2. The van der Waals surface area contributed by atoms with Crippen LogP contribution in [0.5, 0.6) is 5.75 Å². The largest absolute Gasteiger partial charge is 0.492 e. The number of benzene rings is 1. The Morgan fingerprint density at radius 3 is 2.94 bits per heavy atom. The molecule has 0 radical (unpaired) electrons. The van der Waals surface area contributed by atoms with Gasteiger partial charge in [-0.25, -0.2) is 0 Å². The zero-order chi connectivity index (χ0) is 12.0. The highest BCUT2D eigenvalue weighted by Crippen LogP contribution is 2.28. The van der Waals surface area contributed by atoms with Gasteiger partial charge in [0.1, 0.15) is 5.75 Å². The second kappa shape index (κ2) is 6.50. The van der Waals surface area contributed by atoms with E-state index in [1.165, 1.54) is 0 Å². The van der Waals surface area contributed by atoms with Crippen molar-refractivity contribution >= 4 is 21.8 Å². The van der Waals surface area contributed by atoms with Crippen LogP contribution in [-0.2, 0) is 11.3 Å². The van der Waals surface area contributed by atoms with Crippen LogP contribution in [0.25, 0.3) is 0 Å². The minimum Gasteiger partial charge on any atom is -0.492 e. The van der Waals surface area contributed by atoms with Crippen molar-refractivity contribution in [2.75, 3.05) is 13.7 Å². The second-order valence-corrected chi connectivity index (χ2v) is 4.06. The van der Waals surface area contributed by atoms with Crippen LogP contribution < -0.4 is 15.8 Å². The molecule has 1 rings (SSSR count). The highest BCUT2D eigenvalue weighted by atomic mass is 79.9. The van der Waals surface area contributed by atoms with Gasteiger partial charge in [0.15, 0.2) is 0 Å². The van der Waals surface area contributed by atoms with E-state index in [0.29, 0.717) is 25.3 Å². The fourth-order valence-corrected chi connectivity index (χ4v) is 1.77. The summed E-state index contributed by atoms with van der Waals surface area (Å²) in [6, 6.07) is 5.69. The molecule has 0 spiro atoms. The van der Waals surface area contributed by atoms with E-state index in [9.17, 15) is 4.79 Å². The lowest BCUT2D eigenvalue weighted by Crippen LogP contribution is -2.20. The normalized spacial score (nSPS) is 9.94. The average molecular weight is 287 g/mol. The van der Waals surface area contributed by atoms with Gasteiger partial charge in [0.2, 0.25) is 5.91 Å². The van der Waals surface area contributed by atoms with E-state index in [-0.39, 0.29) is 5.91 Å². The first kappa shape index (κ1) is 13.0. The van der Waals surface area contributed by atoms with Gasteiger partial charge in [0.05, 0.1) is 17.5 Å². The molecular formula is C11H15BrN2O2. The van der Waals surface area contributed by atoms with Gasteiger partial charge in [0, 0.05) is 19.2 Å². The lowest BCUT2D eigenvalue weighted by molar-refractivity contribution is -0.121. The Morgan fingerprint density at radius 2 is 2.31 bits per heavy atom. The fraction of sp³-hybridized carbons (Fsp3) is 0.364. The van der Waals surface area contributed by atoms with E-state index >= 15 is 0 Å². The molecule has 5 heteroatoms. The minimum atomic E-state index is -0.0404. The van der Waals surface area contributed by atoms with Crippen molar-refractivity contribution in [3.8, 4) is 5.75 Å². The number of rotatable bonds is 5. The first-order chi connectivity index (χ1) is 7.69. The molecule has 0 aliphatic rings. The molecule has 1 amide bonds. The number of halogens is 1. The van der Waals surface area contributed by atoms with Gasteiger partial charge in [-0.2, -0.15) is 0 Å². The zero-order valence-electron chi connectivity index (χ0n) is 9.13. The van der Waals surface area contributed by atoms with E-state index in [1.54, 1.807) is 7.05 Å². The molecule has 0 saturated carbocycles. The Hall–Kier alpha value is -1.07. The fourth-order valence-electron chi connectivity index (χ4n) is 1.25. The Labute approximate surface area is 103 Å². The SMILES string of the molecule is CNC(=O)CCOc1c(Br)cccc1CN. The summed E-state index contributed by atoms with van der Waals surface area (Å²) in [7, 11) is 1.60. The number of amides is 1. The molecule has 0 aliphatic heterocycles. The van der Waals surface area contributed by atoms with Crippen molar-refractivity contribution in [3.63, 3.8) is 0 Å². The standard InChI is InChI=1S/C11H15BrN2O2/c1-14-10(15)5-6-16-11-8(7-13)3-2-4-9(11)12/h2-4H,5-7,13H2,1H3,(H,14,15). The maximum absolute atomic E-state index is 11.0. The molecule has 0 fully saturated rings. The molecule has 0 aromatic heterocycles. The maximum Gasteiger partial charge on any atom is 0.223 e. The van der Waals surface area contributed by atoms with E-state index in [1.807, 2.05) is 18.2 Å². The predicted octanol–water partition coefficient (Wildman–Crippen LogP) is 1.42. The number of hydrogen-bond acceptors (Lipinski definition) is 3. The molecule has 4 nitrogen and oxygen atoms in total. The zero-order valence-corrected chi connectivity index (χ0v) is 10.7. The number of ether oxygens (including phenoxy) is 1. The molecule has 0 unspecified atom stereocenters. The molecule has 1 aromatic rings. The predicted molar refractivity (Wildman–Crippen MR) is 66.2 cm³/mol. The monoisotopic (exact) mass is 286 g/mol. The molecule has 88 valence electrons. The molecule has 0 aliphatic carbocycles. The van der Waals surface area contributed by atoms with Crippen molar-refractivity contribution in [2.45, 2.75) is 13.0 Å². The molecule has 16 heavy (non-hydrogen) atoms. The first-order valence-corrected chi connectivity index (χ1v) is 5.79. The van der Waals surface area contributed by atoms with Gasteiger partial charge in [-0.15, -0.1) is 0 Å². The van der Waals surface area contributed by atoms with Crippen molar-refractivity contribution < 1.29 is 9.53 Å².